The summed E-state index contributed by atoms with van der Waals surface area (Å²) in [5, 5.41) is 0. The van der Waals surface area contributed by atoms with Crippen molar-refractivity contribution in [3.63, 3.8) is 0 Å². The number of hydrogen-bond donors (Lipinski definition) is 2. The third-order valence-corrected chi connectivity index (χ3v) is 3.19. The van der Waals surface area contributed by atoms with Gasteiger partial charge >= 0.3 is 0 Å². The lowest BCUT2D eigenvalue weighted by molar-refractivity contribution is 1.13. The maximum Gasteiger partial charge on any atom is 0.0568 e. The van der Waals surface area contributed by atoms with Gasteiger partial charge in [-0.3, -0.25) is 0 Å². The maximum atomic E-state index is 5.83. The molecule has 3 heteroatoms. The van der Waals surface area contributed by atoms with Gasteiger partial charge in [-0.1, -0.05) is 19.1 Å². The van der Waals surface area contributed by atoms with E-state index in [1.165, 1.54) is 5.56 Å². The average Bonchev–Trinajstić information content (AvgIpc) is 2.41. The van der Waals surface area contributed by atoms with Gasteiger partial charge in [0.1, 0.15) is 0 Å². The van der Waals surface area contributed by atoms with E-state index in [1.54, 1.807) is 0 Å². The second-order valence-electron chi connectivity index (χ2n) is 4.39. The zero-order chi connectivity index (χ0) is 13.1. The number of aryl methyl sites for hydroxylation is 1. The van der Waals surface area contributed by atoms with Gasteiger partial charge in [-0.05, 0) is 42.3 Å². The van der Waals surface area contributed by atoms with Crippen molar-refractivity contribution in [2.24, 2.45) is 0 Å². The first-order valence-corrected chi connectivity index (χ1v) is 6.09. The van der Waals surface area contributed by atoms with E-state index in [0.717, 1.165) is 17.8 Å². The largest absolute Gasteiger partial charge is 0.397 e. The summed E-state index contributed by atoms with van der Waals surface area (Å²) in [5.41, 5.74) is 16.3. The molecule has 18 heavy (non-hydrogen) atoms. The van der Waals surface area contributed by atoms with Gasteiger partial charge in [-0.2, -0.15) is 0 Å². The molecule has 0 bridgehead atoms. The van der Waals surface area contributed by atoms with Crippen molar-refractivity contribution in [3.05, 3.63) is 48.0 Å². The van der Waals surface area contributed by atoms with Crippen LogP contribution in [0.25, 0.3) is 0 Å². The zero-order valence-corrected chi connectivity index (χ0v) is 10.9. The molecule has 0 heterocycles. The van der Waals surface area contributed by atoms with Crippen LogP contribution in [0.15, 0.2) is 42.5 Å². The molecule has 4 N–H and O–H groups in total. The number of benzene rings is 2. The highest BCUT2D eigenvalue weighted by Gasteiger charge is 2.05. The number of nitrogens with zero attached hydrogens (tertiary/aromatic N) is 1. The number of nitrogens with two attached hydrogens (primary N) is 2. The Morgan fingerprint density at radius 1 is 0.889 bits per heavy atom. The van der Waals surface area contributed by atoms with Gasteiger partial charge in [0.15, 0.2) is 0 Å². The van der Waals surface area contributed by atoms with Crippen LogP contribution < -0.4 is 16.4 Å². The van der Waals surface area contributed by atoms with Crippen LogP contribution in [-0.2, 0) is 6.42 Å². The zero-order valence-electron chi connectivity index (χ0n) is 10.9. The Balaban J connectivity index is 2.28. The van der Waals surface area contributed by atoms with Gasteiger partial charge in [0.2, 0.25) is 0 Å². The molecule has 3 nitrogen and oxygen atoms in total. The van der Waals surface area contributed by atoms with Gasteiger partial charge in [0.25, 0.3) is 0 Å². The molecule has 2 aromatic carbocycles. The highest BCUT2D eigenvalue weighted by Crippen LogP contribution is 2.27. The van der Waals surface area contributed by atoms with Crippen molar-refractivity contribution < 1.29 is 0 Å². The molecular formula is C15H19N3. The fourth-order valence-corrected chi connectivity index (χ4v) is 1.88. The summed E-state index contributed by atoms with van der Waals surface area (Å²) < 4.78 is 0. The molecule has 0 fully saturated rings. The Bertz CT molecular complexity index is 532. The molecule has 0 spiro atoms. The molecule has 94 valence electrons. The molecule has 0 saturated heterocycles. The maximum absolute atomic E-state index is 5.83. The van der Waals surface area contributed by atoms with E-state index in [2.05, 4.69) is 36.1 Å². The van der Waals surface area contributed by atoms with Gasteiger partial charge in [-0.25, -0.2) is 0 Å². The summed E-state index contributed by atoms with van der Waals surface area (Å²) in [6.07, 6.45) is 1.05. The number of anilines is 4. The van der Waals surface area contributed by atoms with Crippen molar-refractivity contribution in [2.45, 2.75) is 13.3 Å². The van der Waals surface area contributed by atoms with Crippen LogP contribution in [0.4, 0.5) is 22.7 Å². The molecule has 0 radical (unpaired) electrons. The van der Waals surface area contributed by atoms with Crippen molar-refractivity contribution in [1.29, 1.82) is 0 Å². The van der Waals surface area contributed by atoms with E-state index in [1.807, 2.05) is 25.2 Å². The van der Waals surface area contributed by atoms with Crippen LogP contribution in [-0.4, -0.2) is 7.05 Å². The highest BCUT2D eigenvalue weighted by molar-refractivity contribution is 5.73. The number of hydrogen-bond acceptors (Lipinski definition) is 3. The van der Waals surface area contributed by atoms with E-state index in [9.17, 15) is 0 Å². The van der Waals surface area contributed by atoms with Crippen molar-refractivity contribution in [1.82, 2.24) is 0 Å². The first-order valence-electron chi connectivity index (χ1n) is 6.09. The molecule has 0 aliphatic heterocycles. The van der Waals surface area contributed by atoms with Gasteiger partial charge < -0.3 is 16.4 Å². The molecule has 2 aromatic rings. The Morgan fingerprint density at radius 2 is 1.50 bits per heavy atom. The quantitative estimate of drug-likeness (QED) is 0.811. The summed E-state index contributed by atoms with van der Waals surface area (Å²) >= 11 is 0. The third kappa shape index (κ3) is 2.40. The lowest BCUT2D eigenvalue weighted by atomic mass is 10.1. The van der Waals surface area contributed by atoms with Crippen LogP contribution in [0.1, 0.15) is 12.5 Å². The van der Waals surface area contributed by atoms with Crippen LogP contribution in [0.3, 0.4) is 0 Å². The Kier molecular flexibility index (Phi) is 3.42. The number of nitrogen functional groups attached to an aromatic ring is 2. The summed E-state index contributed by atoms with van der Waals surface area (Å²) in [4.78, 5) is 2.09. The summed E-state index contributed by atoms with van der Waals surface area (Å²) in [6.45, 7) is 2.15. The topological polar surface area (TPSA) is 55.3 Å². The van der Waals surface area contributed by atoms with E-state index >= 15 is 0 Å². The van der Waals surface area contributed by atoms with Gasteiger partial charge in [0.05, 0.1) is 11.4 Å². The summed E-state index contributed by atoms with van der Waals surface area (Å²) in [7, 11) is 2.02. The normalized spacial score (nSPS) is 10.3. The molecule has 0 unspecified atom stereocenters. The van der Waals surface area contributed by atoms with Crippen LogP contribution >= 0.6 is 0 Å². The predicted molar refractivity (Wildman–Crippen MR) is 79.1 cm³/mol. The average molecular weight is 241 g/mol. The third-order valence-electron chi connectivity index (χ3n) is 3.19. The first-order chi connectivity index (χ1) is 8.61. The van der Waals surface area contributed by atoms with E-state index in [4.69, 9.17) is 11.5 Å². The molecule has 0 amide bonds. The summed E-state index contributed by atoms with van der Waals surface area (Å²) in [6, 6.07) is 14.2. The van der Waals surface area contributed by atoms with Gasteiger partial charge in [-0.15, -0.1) is 0 Å². The molecular weight excluding hydrogens is 222 g/mol. The lowest BCUT2D eigenvalue weighted by Crippen LogP contribution is -2.10. The van der Waals surface area contributed by atoms with Crippen molar-refractivity contribution >= 4 is 22.7 Å². The smallest absolute Gasteiger partial charge is 0.0568 e. The van der Waals surface area contributed by atoms with Crippen molar-refractivity contribution in [3.8, 4) is 0 Å². The fourth-order valence-electron chi connectivity index (χ4n) is 1.88. The Hall–Kier alpha value is -2.16. The molecule has 0 aliphatic carbocycles. The van der Waals surface area contributed by atoms with E-state index < -0.39 is 0 Å². The SMILES string of the molecule is CCc1ccc(N(C)c2ccc(N)c(N)c2)cc1. The van der Waals surface area contributed by atoms with E-state index in [0.29, 0.717) is 11.4 Å². The summed E-state index contributed by atoms with van der Waals surface area (Å²) in [5.74, 6) is 0. The molecule has 0 atom stereocenters. The molecule has 0 aliphatic rings. The Morgan fingerprint density at radius 3 is 2.06 bits per heavy atom. The molecule has 0 saturated carbocycles. The lowest BCUT2D eigenvalue weighted by Gasteiger charge is -2.20. The van der Waals surface area contributed by atoms with E-state index in [-0.39, 0.29) is 0 Å². The monoisotopic (exact) mass is 241 g/mol. The second-order valence-corrected chi connectivity index (χ2v) is 4.39. The minimum Gasteiger partial charge on any atom is -0.397 e. The van der Waals surface area contributed by atoms with Gasteiger partial charge in [0, 0.05) is 18.4 Å². The standard InChI is InChI=1S/C15H19N3/c1-3-11-4-6-12(7-5-11)18(2)13-8-9-14(16)15(17)10-13/h4-10H,3,16-17H2,1-2H3. The highest BCUT2D eigenvalue weighted by atomic mass is 15.1. The minimum atomic E-state index is 0.615. The molecule has 0 aromatic heterocycles. The van der Waals surface area contributed by atoms with Crippen LogP contribution in [0.5, 0.6) is 0 Å². The second kappa shape index (κ2) is 5.00. The predicted octanol–water partition coefficient (Wildman–Crippen LogP) is 3.18. The van der Waals surface area contributed by atoms with Crippen LogP contribution in [0.2, 0.25) is 0 Å². The number of rotatable bonds is 3. The molecule has 2 rings (SSSR count). The van der Waals surface area contributed by atoms with Crippen LogP contribution in [0, 0.1) is 0 Å². The Labute approximate surface area is 108 Å². The van der Waals surface area contributed by atoms with Crippen molar-refractivity contribution in [2.75, 3.05) is 23.4 Å². The minimum absolute atomic E-state index is 0.615. The first kappa shape index (κ1) is 12.3. The fraction of sp³-hybridized carbons (Fsp3) is 0.200.